The van der Waals surface area contributed by atoms with Crippen LogP contribution < -0.4 is 4.90 Å². The van der Waals surface area contributed by atoms with Crippen molar-refractivity contribution >= 4 is 16.7 Å². The first-order valence-corrected chi connectivity index (χ1v) is 6.98. The first-order valence-electron chi connectivity index (χ1n) is 6.98. The van der Waals surface area contributed by atoms with Gasteiger partial charge < -0.3 is 15.0 Å². The van der Waals surface area contributed by atoms with Crippen LogP contribution in [0.25, 0.3) is 11.0 Å². The molecule has 2 N–H and O–H groups in total. The summed E-state index contributed by atoms with van der Waals surface area (Å²) in [5.41, 5.74) is 4.99. The molecule has 0 amide bonds. The Morgan fingerprint density at radius 3 is 2.43 bits per heavy atom. The fraction of sp³-hybridized carbons (Fsp3) is 0.235. The number of rotatable bonds is 3. The van der Waals surface area contributed by atoms with E-state index in [0.717, 1.165) is 28.8 Å². The molecule has 0 fully saturated rings. The fourth-order valence-electron chi connectivity index (χ4n) is 2.45. The van der Waals surface area contributed by atoms with E-state index in [1.807, 2.05) is 27.1 Å². The smallest absolute Gasteiger partial charge is 0.141 e. The third-order valence-corrected chi connectivity index (χ3v) is 3.70. The largest absolute Gasteiger partial charge is 0.506 e. The predicted molar refractivity (Wildman–Crippen MR) is 86.1 cm³/mol. The second kappa shape index (κ2) is 5.13. The van der Waals surface area contributed by atoms with Gasteiger partial charge in [-0.1, -0.05) is 18.2 Å². The molecule has 4 heteroatoms. The van der Waals surface area contributed by atoms with Gasteiger partial charge in [-0.2, -0.15) is 0 Å². The molecule has 0 bridgehead atoms. The van der Waals surface area contributed by atoms with Gasteiger partial charge in [0, 0.05) is 26.2 Å². The lowest BCUT2D eigenvalue weighted by Gasteiger charge is -2.12. The average molecular weight is 281 g/mol. The number of aromatic amines is 1. The number of phenolic OH excluding ortho intramolecular Hbond substituents is 1. The lowest BCUT2D eigenvalue weighted by molar-refractivity contribution is 0.480. The van der Waals surface area contributed by atoms with Gasteiger partial charge in [-0.15, -0.1) is 0 Å². The number of aromatic nitrogens is 2. The molecule has 2 aromatic carbocycles. The van der Waals surface area contributed by atoms with Gasteiger partial charge in [0.15, 0.2) is 0 Å². The van der Waals surface area contributed by atoms with E-state index in [4.69, 9.17) is 0 Å². The SMILES string of the molecule is Cc1ccc(O)c2[nH]c(Cc3ccc(N(C)C)cc3)nc12. The number of anilines is 1. The lowest BCUT2D eigenvalue weighted by Crippen LogP contribution is -2.08. The summed E-state index contributed by atoms with van der Waals surface area (Å²) in [4.78, 5) is 9.89. The quantitative estimate of drug-likeness (QED) is 0.775. The van der Waals surface area contributed by atoms with Crippen molar-refractivity contribution in [1.82, 2.24) is 9.97 Å². The zero-order chi connectivity index (χ0) is 15.0. The number of H-pyrrole nitrogens is 1. The molecule has 4 nitrogen and oxygen atoms in total. The molecule has 0 saturated heterocycles. The molecule has 21 heavy (non-hydrogen) atoms. The summed E-state index contributed by atoms with van der Waals surface area (Å²) < 4.78 is 0. The normalized spacial score (nSPS) is 11.0. The highest BCUT2D eigenvalue weighted by atomic mass is 16.3. The van der Waals surface area contributed by atoms with Crippen molar-refractivity contribution in [2.75, 3.05) is 19.0 Å². The highest BCUT2D eigenvalue weighted by Crippen LogP contribution is 2.26. The molecule has 0 radical (unpaired) electrons. The average Bonchev–Trinajstić information content (AvgIpc) is 2.89. The summed E-state index contributed by atoms with van der Waals surface area (Å²) in [5, 5.41) is 9.90. The van der Waals surface area contributed by atoms with E-state index in [0.29, 0.717) is 0 Å². The molecule has 1 aromatic heterocycles. The zero-order valence-corrected chi connectivity index (χ0v) is 12.5. The van der Waals surface area contributed by atoms with Crippen molar-refractivity contribution in [1.29, 1.82) is 0 Å². The van der Waals surface area contributed by atoms with Crippen LogP contribution in [0.4, 0.5) is 5.69 Å². The number of aromatic hydroxyl groups is 1. The molecule has 3 rings (SSSR count). The van der Waals surface area contributed by atoms with E-state index < -0.39 is 0 Å². The minimum atomic E-state index is 0.248. The van der Waals surface area contributed by atoms with Crippen LogP contribution in [0, 0.1) is 6.92 Å². The number of nitrogens with zero attached hydrogens (tertiary/aromatic N) is 2. The topological polar surface area (TPSA) is 52.1 Å². The Balaban J connectivity index is 1.91. The highest BCUT2D eigenvalue weighted by molar-refractivity contribution is 5.84. The Kier molecular flexibility index (Phi) is 3.29. The van der Waals surface area contributed by atoms with E-state index in [9.17, 15) is 5.11 Å². The number of phenols is 1. The van der Waals surface area contributed by atoms with Crippen molar-refractivity contribution < 1.29 is 5.11 Å². The molecular formula is C17H19N3O. The van der Waals surface area contributed by atoms with E-state index in [1.165, 1.54) is 11.3 Å². The molecule has 0 aliphatic carbocycles. The Hall–Kier alpha value is -2.49. The van der Waals surface area contributed by atoms with Crippen LogP contribution in [-0.4, -0.2) is 29.2 Å². The Morgan fingerprint density at radius 2 is 1.81 bits per heavy atom. The van der Waals surface area contributed by atoms with Crippen LogP contribution in [0.15, 0.2) is 36.4 Å². The first-order chi connectivity index (χ1) is 10.0. The molecule has 0 aliphatic heterocycles. The molecule has 0 saturated carbocycles. The summed E-state index contributed by atoms with van der Waals surface area (Å²) in [6.07, 6.45) is 0.723. The van der Waals surface area contributed by atoms with Crippen LogP contribution in [-0.2, 0) is 6.42 Å². The maximum absolute atomic E-state index is 9.90. The van der Waals surface area contributed by atoms with Gasteiger partial charge in [0.05, 0.1) is 5.52 Å². The number of benzene rings is 2. The molecule has 0 aliphatic rings. The Bertz CT molecular complexity index is 734. The summed E-state index contributed by atoms with van der Waals surface area (Å²) in [6.45, 7) is 2.00. The molecule has 108 valence electrons. The van der Waals surface area contributed by atoms with Crippen molar-refractivity contribution in [2.45, 2.75) is 13.3 Å². The standard InChI is InChI=1S/C17H19N3O/c1-11-4-9-14(21)17-16(11)18-15(19-17)10-12-5-7-13(8-6-12)20(2)3/h4-9,21H,10H2,1-3H3,(H,18,19). The Morgan fingerprint density at radius 1 is 1.10 bits per heavy atom. The van der Waals surface area contributed by atoms with Crippen molar-refractivity contribution in [3.05, 3.63) is 53.3 Å². The van der Waals surface area contributed by atoms with E-state index in [-0.39, 0.29) is 5.75 Å². The van der Waals surface area contributed by atoms with Crippen LogP contribution in [0.3, 0.4) is 0 Å². The lowest BCUT2D eigenvalue weighted by atomic mass is 10.1. The third kappa shape index (κ3) is 2.57. The minimum Gasteiger partial charge on any atom is -0.506 e. The van der Waals surface area contributed by atoms with Gasteiger partial charge in [0.25, 0.3) is 0 Å². The van der Waals surface area contributed by atoms with Crippen LogP contribution in [0.1, 0.15) is 17.0 Å². The van der Waals surface area contributed by atoms with Crippen LogP contribution in [0.5, 0.6) is 5.75 Å². The molecule has 0 spiro atoms. The maximum Gasteiger partial charge on any atom is 0.141 e. The number of nitrogens with one attached hydrogen (secondary N) is 1. The minimum absolute atomic E-state index is 0.248. The molecule has 0 unspecified atom stereocenters. The number of imidazole rings is 1. The highest BCUT2D eigenvalue weighted by Gasteiger charge is 2.09. The maximum atomic E-state index is 9.90. The number of fused-ring (bicyclic) bond motifs is 1. The second-order valence-corrected chi connectivity index (χ2v) is 5.55. The fourth-order valence-corrected chi connectivity index (χ4v) is 2.45. The zero-order valence-electron chi connectivity index (χ0n) is 12.5. The molecule has 3 aromatic rings. The summed E-state index contributed by atoms with van der Waals surface area (Å²) in [5.74, 6) is 1.12. The van der Waals surface area contributed by atoms with Gasteiger partial charge in [-0.25, -0.2) is 4.98 Å². The van der Waals surface area contributed by atoms with Crippen LogP contribution >= 0.6 is 0 Å². The Labute approximate surface area is 124 Å². The third-order valence-electron chi connectivity index (χ3n) is 3.70. The molecular weight excluding hydrogens is 262 g/mol. The molecule has 0 atom stereocenters. The molecule has 1 heterocycles. The van der Waals surface area contributed by atoms with Crippen LogP contribution in [0.2, 0.25) is 0 Å². The summed E-state index contributed by atoms with van der Waals surface area (Å²) >= 11 is 0. The van der Waals surface area contributed by atoms with E-state index in [2.05, 4.69) is 39.1 Å². The second-order valence-electron chi connectivity index (χ2n) is 5.55. The summed E-state index contributed by atoms with van der Waals surface area (Å²) in [6, 6.07) is 12.0. The number of aryl methyl sites for hydroxylation is 1. The van der Waals surface area contributed by atoms with Gasteiger partial charge >= 0.3 is 0 Å². The van der Waals surface area contributed by atoms with Gasteiger partial charge in [0.1, 0.15) is 17.1 Å². The number of hydrogen-bond acceptors (Lipinski definition) is 3. The predicted octanol–water partition coefficient (Wildman–Crippen LogP) is 3.23. The van der Waals surface area contributed by atoms with Crippen molar-refractivity contribution in [3.8, 4) is 5.75 Å². The summed E-state index contributed by atoms with van der Waals surface area (Å²) in [7, 11) is 4.06. The van der Waals surface area contributed by atoms with Gasteiger partial charge in [-0.3, -0.25) is 0 Å². The van der Waals surface area contributed by atoms with Crippen molar-refractivity contribution in [2.24, 2.45) is 0 Å². The van der Waals surface area contributed by atoms with Crippen molar-refractivity contribution in [3.63, 3.8) is 0 Å². The first kappa shape index (κ1) is 13.5. The van der Waals surface area contributed by atoms with E-state index >= 15 is 0 Å². The van der Waals surface area contributed by atoms with E-state index in [1.54, 1.807) is 6.07 Å². The number of hydrogen-bond donors (Lipinski definition) is 2. The van der Waals surface area contributed by atoms with Gasteiger partial charge in [-0.05, 0) is 36.2 Å². The monoisotopic (exact) mass is 281 g/mol. The van der Waals surface area contributed by atoms with Gasteiger partial charge in [0.2, 0.25) is 0 Å².